The molecular formula is C27H23Cl2NO5S. The molecule has 1 heterocycles. The molecule has 0 aliphatic carbocycles. The van der Waals surface area contributed by atoms with Crippen molar-refractivity contribution in [3.8, 4) is 17.2 Å². The number of carbonyl (C=O) groups is 2. The van der Waals surface area contributed by atoms with Crippen LogP contribution >= 0.6 is 35.0 Å². The maximum absolute atomic E-state index is 12.9. The molecule has 186 valence electrons. The van der Waals surface area contributed by atoms with E-state index in [0.29, 0.717) is 46.1 Å². The summed E-state index contributed by atoms with van der Waals surface area (Å²) in [5.41, 5.74) is 1.61. The zero-order valence-electron chi connectivity index (χ0n) is 19.4. The molecular weight excluding hydrogens is 521 g/mol. The first-order chi connectivity index (χ1) is 17.5. The molecule has 6 nitrogen and oxygen atoms in total. The van der Waals surface area contributed by atoms with Gasteiger partial charge in [-0.05, 0) is 60.2 Å². The molecule has 3 aromatic rings. The van der Waals surface area contributed by atoms with Crippen LogP contribution < -0.4 is 14.2 Å². The normalized spacial score (nSPS) is 14.4. The van der Waals surface area contributed by atoms with Crippen LogP contribution in [0.5, 0.6) is 17.2 Å². The van der Waals surface area contributed by atoms with Crippen molar-refractivity contribution in [2.24, 2.45) is 0 Å². The highest BCUT2D eigenvalue weighted by Gasteiger charge is 2.35. The van der Waals surface area contributed by atoms with Crippen LogP contribution in [0.1, 0.15) is 18.1 Å². The Hall–Kier alpha value is -3.13. The highest BCUT2D eigenvalue weighted by atomic mass is 35.5. The fraction of sp³-hybridized carbons (Fsp3) is 0.185. The number of thioether (sulfide) groups is 1. The molecule has 0 N–H and O–H groups in total. The minimum Gasteiger partial charge on any atom is -0.490 e. The molecule has 0 radical (unpaired) electrons. The van der Waals surface area contributed by atoms with Crippen molar-refractivity contribution in [3.05, 3.63) is 92.8 Å². The third-order valence-electron chi connectivity index (χ3n) is 5.14. The second-order valence-corrected chi connectivity index (χ2v) is 9.46. The van der Waals surface area contributed by atoms with Gasteiger partial charge in [-0.2, -0.15) is 0 Å². The van der Waals surface area contributed by atoms with E-state index in [-0.39, 0.29) is 23.3 Å². The molecule has 2 amide bonds. The van der Waals surface area contributed by atoms with Crippen LogP contribution in [0.15, 0.2) is 71.6 Å². The van der Waals surface area contributed by atoms with Crippen LogP contribution in [0.2, 0.25) is 10.0 Å². The lowest BCUT2D eigenvalue weighted by Crippen LogP contribution is -2.32. The second kappa shape index (κ2) is 12.2. The van der Waals surface area contributed by atoms with Gasteiger partial charge in [0, 0.05) is 0 Å². The van der Waals surface area contributed by atoms with Gasteiger partial charge in [0.2, 0.25) is 0 Å². The van der Waals surface area contributed by atoms with Crippen LogP contribution in [-0.4, -0.2) is 35.8 Å². The van der Waals surface area contributed by atoms with Gasteiger partial charge in [-0.3, -0.25) is 14.5 Å². The monoisotopic (exact) mass is 543 g/mol. The second-order valence-electron chi connectivity index (χ2n) is 7.65. The predicted molar refractivity (Wildman–Crippen MR) is 143 cm³/mol. The van der Waals surface area contributed by atoms with Crippen LogP contribution in [0, 0.1) is 0 Å². The third kappa shape index (κ3) is 6.35. The summed E-state index contributed by atoms with van der Waals surface area (Å²) in [5.74, 6) is 0.976. The first-order valence-electron chi connectivity index (χ1n) is 11.2. The lowest BCUT2D eigenvalue weighted by molar-refractivity contribution is -0.123. The summed E-state index contributed by atoms with van der Waals surface area (Å²) in [7, 11) is 0. The molecule has 0 spiro atoms. The largest absolute Gasteiger partial charge is 0.490 e. The van der Waals surface area contributed by atoms with E-state index >= 15 is 0 Å². The van der Waals surface area contributed by atoms with E-state index in [1.807, 2.05) is 37.3 Å². The molecule has 0 saturated carbocycles. The SMILES string of the molecule is CCOc1cc(/C=C2\SC(=O)N(CCOc3ccccc3Cl)C2=O)cc(Cl)c1OCc1ccccc1. The number of carbonyl (C=O) groups excluding carboxylic acids is 2. The van der Waals surface area contributed by atoms with E-state index < -0.39 is 5.91 Å². The van der Waals surface area contributed by atoms with Crippen LogP contribution in [0.4, 0.5) is 4.79 Å². The van der Waals surface area contributed by atoms with Gasteiger partial charge in [-0.1, -0.05) is 65.7 Å². The molecule has 1 aliphatic heterocycles. The van der Waals surface area contributed by atoms with Crippen LogP contribution in [0.25, 0.3) is 6.08 Å². The molecule has 1 aliphatic rings. The minimum absolute atomic E-state index is 0.102. The Morgan fingerprint density at radius 1 is 0.889 bits per heavy atom. The van der Waals surface area contributed by atoms with Gasteiger partial charge >= 0.3 is 0 Å². The van der Waals surface area contributed by atoms with E-state index in [1.54, 1.807) is 42.5 Å². The Balaban J connectivity index is 1.46. The Labute approximate surface area is 223 Å². The van der Waals surface area contributed by atoms with E-state index in [4.69, 9.17) is 37.4 Å². The van der Waals surface area contributed by atoms with E-state index in [0.717, 1.165) is 22.2 Å². The van der Waals surface area contributed by atoms with Gasteiger partial charge in [0.05, 0.1) is 28.1 Å². The summed E-state index contributed by atoms with van der Waals surface area (Å²) >= 11 is 13.5. The fourth-order valence-corrected chi connectivity index (χ4v) is 4.79. The van der Waals surface area contributed by atoms with E-state index in [1.165, 1.54) is 0 Å². The average molecular weight is 544 g/mol. The first-order valence-corrected chi connectivity index (χ1v) is 12.8. The maximum Gasteiger partial charge on any atom is 0.293 e. The van der Waals surface area contributed by atoms with Crippen molar-refractivity contribution < 1.29 is 23.8 Å². The Kier molecular flexibility index (Phi) is 8.80. The summed E-state index contributed by atoms with van der Waals surface area (Å²) in [5, 5.41) is 0.438. The van der Waals surface area contributed by atoms with Crippen molar-refractivity contribution in [2.75, 3.05) is 19.8 Å². The van der Waals surface area contributed by atoms with Crippen molar-refractivity contribution in [2.45, 2.75) is 13.5 Å². The molecule has 0 aromatic heterocycles. The zero-order valence-corrected chi connectivity index (χ0v) is 21.7. The number of ether oxygens (including phenoxy) is 3. The smallest absolute Gasteiger partial charge is 0.293 e. The number of benzene rings is 3. The minimum atomic E-state index is -0.397. The summed E-state index contributed by atoms with van der Waals surface area (Å²) in [6.45, 7) is 2.82. The summed E-state index contributed by atoms with van der Waals surface area (Å²) in [6.07, 6.45) is 1.62. The average Bonchev–Trinajstić information content (AvgIpc) is 3.13. The molecule has 3 aromatic carbocycles. The van der Waals surface area contributed by atoms with Gasteiger partial charge < -0.3 is 14.2 Å². The summed E-state index contributed by atoms with van der Waals surface area (Å²) < 4.78 is 17.3. The molecule has 1 fully saturated rings. The Bertz CT molecular complexity index is 1280. The van der Waals surface area contributed by atoms with Crippen molar-refractivity contribution in [1.82, 2.24) is 4.90 Å². The lowest BCUT2D eigenvalue weighted by atomic mass is 10.1. The van der Waals surface area contributed by atoms with Gasteiger partial charge in [-0.25, -0.2) is 0 Å². The number of imide groups is 1. The molecule has 0 atom stereocenters. The molecule has 0 bridgehead atoms. The summed E-state index contributed by atoms with van der Waals surface area (Å²) in [4.78, 5) is 26.8. The highest BCUT2D eigenvalue weighted by Crippen LogP contribution is 2.39. The topological polar surface area (TPSA) is 65.1 Å². The van der Waals surface area contributed by atoms with E-state index in [2.05, 4.69) is 0 Å². The number of para-hydroxylation sites is 1. The highest BCUT2D eigenvalue weighted by molar-refractivity contribution is 8.18. The number of nitrogens with zero attached hydrogens (tertiary/aromatic N) is 1. The molecule has 4 rings (SSSR count). The number of hydrogen-bond acceptors (Lipinski definition) is 6. The number of rotatable bonds is 10. The fourth-order valence-electron chi connectivity index (χ4n) is 3.46. The van der Waals surface area contributed by atoms with Gasteiger partial charge in [-0.15, -0.1) is 0 Å². The lowest BCUT2D eigenvalue weighted by Gasteiger charge is -2.15. The Morgan fingerprint density at radius 2 is 1.64 bits per heavy atom. The van der Waals surface area contributed by atoms with Gasteiger partial charge in [0.15, 0.2) is 11.5 Å². The summed E-state index contributed by atoms with van der Waals surface area (Å²) in [6, 6.07) is 20.2. The number of halogens is 2. The van der Waals surface area contributed by atoms with Gasteiger partial charge in [0.25, 0.3) is 11.1 Å². The molecule has 1 saturated heterocycles. The Morgan fingerprint density at radius 3 is 2.39 bits per heavy atom. The van der Waals surface area contributed by atoms with Gasteiger partial charge in [0.1, 0.15) is 19.0 Å². The van der Waals surface area contributed by atoms with Crippen molar-refractivity contribution in [1.29, 1.82) is 0 Å². The first kappa shape index (κ1) is 25.9. The standard InChI is InChI=1S/C27H23Cl2NO5S/c1-2-33-23-15-19(14-21(29)25(23)35-17-18-8-4-3-5-9-18)16-24-26(31)30(27(32)36-24)12-13-34-22-11-7-6-10-20(22)28/h3-11,14-16H,2,12-13,17H2,1H3/b24-16-. The quantitative estimate of drug-likeness (QED) is 0.254. The van der Waals surface area contributed by atoms with Crippen LogP contribution in [0.3, 0.4) is 0 Å². The van der Waals surface area contributed by atoms with Crippen LogP contribution in [-0.2, 0) is 11.4 Å². The maximum atomic E-state index is 12.9. The number of amides is 2. The van der Waals surface area contributed by atoms with E-state index in [9.17, 15) is 9.59 Å². The predicted octanol–water partition coefficient (Wildman–Crippen LogP) is 7.09. The molecule has 9 heteroatoms. The zero-order chi connectivity index (χ0) is 25.5. The molecule has 0 unspecified atom stereocenters. The number of hydrogen-bond donors (Lipinski definition) is 0. The third-order valence-corrected chi connectivity index (χ3v) is 6.64. The molecule has 36 heavy (non-hydrogen) atoms. The van der Waals surface area contributed by atoms with Crippen molar-refractivity contribution >= 4 is 52.2 Å². The van der Waals surface area contributed by atoms with Crippen molar-refractivity contribution in [3.63, 3.8) is 0 Å².